The van der Waals surface area contributed by atoms with Crippen LogP contribution in [-0.2, 0) is 9.53 Å². The highest BCUT2D eigenvalue weighted by molar-refractivity contribution is 5.75. The third kappa shape index (κ3) is 6.77. The van der Waals surface area contributed by atoms with Gasteiger partial charge in [-0.05, 0) is 13.3 Å². The highest BCUT2D eigenvalue weighted by Crippen LogP contribution is 2.12. The topological polar surface area (TPSA) is 46.5 Å². The second-order valence-corrected chi connectivity index (χ2v) is 3.92. The van der Waals surface area contributed by atoms with E-state index in [2.05, 4.69) is 11.7 Å². The summed E-state index contributed by atoms with van der Waals surface area (Å²) in [5.41, 5.74) is 0. The van der Waals surface area contributed by atoms with Crippen molar-refractivity contribution in [3.05, 3.63) is 0 Å². The van der Waals surface area contributed by atoms with E-state index in [1.807, 2.05) is 0 Å². The first-order valence-electron chi connectivity index (χ1n) is 6.12. The summed E-state index contributed by atoms with van der Waals surface area (Å²) in [6, 6.07) is 0. The molecule has 3 nitrogen and oxygen atoms in total. The van der Waals surface area contributed by atoms with Gasteiger partial charge < -0.3 is 9.84 Å². The molecule has 0 aliphatic heterocycles. The number of unbranched alkanes of at least 4 members (excludes halogenated alkanes) is 4. The van der Waals surface area contributed by atoms with Crippen LogP contribution in [0.5, 0.6) is 0 Å². The average Bonchev–Trinajstić information content (AvgIpc) is 2.27. The number of ether oxygens (including phenoxy) is 1. The Bertz CT molecular complexity index is 185. The molecule has 0 saturated carbocycles. The van der Waals surface area contributed by atoms with Gasteiger partial charge in [-0.3, -0.25) is 0 Å². The SMILES string of the molecule is CCCCCCCC(O)C(F)C(=O)OCC. The first-order valence-corrected chi connectivity index (χ1v) is 6.12. The molecule has 0 bridgehead atoms. The molecule has 0 fully saturated rings. The van der Waals surface area contributed by atoms with Gasteiger partial charge in [-0.2, -0.15) is 0 Å². The van der Waals surface area contributed by atoms with Gasteiger partial charge in [0.15, 0.2) is 0 Å². The highest BCUT2D eigenvalue weighted by Gasteiger charge is 2.26. The summed E-state index contributed by atoms with van der Waals surface area (Å²) in [5, 5.41) is 9.40. The molecule has 2 unspecified atom stereocenters. The van der Waals surface area contributed by atoms with Gasteiger partial charge in [-0.25, -0.2) is 9.18 Å². The second kappa shape index (κ2) is 9.58. The fraction of sp³-hybridized carbons (Fsp3) is 0.917. The van der Waals surface area contributed by atoms with Crippen LogP contribution in [-0.4, -0.2) is 30.0 Å². The van der Waals surface area contributed by atoms with Crippen molar-refractivity contribution >= 4 is 5.97 Å². The van der Waals surface area contributed by atoms with E-state index >= 15 is 0 Å². The monoisotopic (exact) mass is 234 g/mol. The molecule has 16 heavy (non-hydrogen) atoms. The van der Waals surface area contributed by atoms with Crippen LogP contribution in [0.4, 0.5) is 4.39 Å². The van der Waals surface area contributed by atoms with Gasteiger partial charge in [0.2, 0.25) is 6.17 Å². The van der Waals surface area contributed by atoms with Crippen LogP contribution < -0.4 is 0 Å². The van der Waals surface area contributed by atoms with Gasteiger partial charge in [0.1, 0.15) is 0 Å². The summed E-state index contributed by atoms with van der Waals surface area (Å²) in [6.07, 6.45) is 2.33. The maximum Gasteiger partial charge on any atom is 0.343 e. The lowest BCUT2D eigenvalue weighted by atomic mass is 10.1. The van der Waals surface area contributed by atoms with E-state index in [1.54, 1.807) is 6.92 Å². The molecular weight excluding hydrogens is 211 g/mol. The van der Waals surface area contributed by atoms with E-state index in [1.165, 1.54) is 0 Å². The van der Waals surface area contributed by atoms with Crippen molar-refractivity contribution in [2.24, 2.45) is 0 Å². The predicted molar refractivity (Wildman–Crippen MR) is 60.9 cm³/mol. The third-order valence-electron chi connectivity index (χ3n) is 2.45. The Kier molecular flexibility index (Phi) is 9.19. The van der Waals surface area contributed by atoms with Gasteiger partial charge in [-0.1, -0.05) is 39.0 Å². The molecule has 4 heteroatoms. The summed E-state index contributed by atoms with van der Waals surface area (Å²) in [5.74, 6) is -0.955. The summed E-state index contributed by atoms with van der Waals surface area (Å²) >= 11 is 0. The van der Waals surface area contributed by atoms with Crippen molar-refractivity contribution < 1.29 is 19.0 Å². The fourth-order valence-electron chi connectivity index (χ4n) is 1.48. The molecule has 0 aromatic carbocycles. The van der Waals surface area contributed by atoms with Crippen molar-refractivity contribution in [2.75, 3.05) is 6.61 Å². The van der Waals surface area contributed by atoms with Gasteiger partial charge in [0, 0.05) is 0 Å². The lowest BCUT2D eigenvalue weighted by Crippen LogP contribution is -2.31. The maximum absolute atomic E-state index is 13.2. The third-order valence-corrected chi connectivity index (χ3v) is 2.45. The number of halogens is 1. The molecule has 0 aromatic rings. The normalized spacial score (nSPS) is 14.5. The van der Waals surface area contributed by atoms with Gasteiger partial charge >= 0.3 is 5.97 Å². The van der Waals surface area contributed by atoms with Crippen molar-refractivity contribution in [3.63, 3.8) is 0 Å². The molecule has 0 rings (SSSR count). The molecule has 0 saturated heterocycles. The van der Waals surface area contributed by atoms with Crippen LogP contribution in [0.3, 0.4) is 0 Å². The number of alkyl halides is 1. The van der Waals surface area contributed by atoms with E-state index in [4.69, 9.17) is 0 Å². The van der Waals surface area contributed by atoms with Crippen molar-refractivity contribution in [3.8, 4) is 0 Å². The number of esters is 1. The predicted octanol–water partition coefficient (Wildman–Crippen LogP) is 2.61. The number of hydrogen-bond donors (Lipinski definition) is 1. The van der Waals surface area contributed by atoms with Crippen molar-refractivity contribution in [1.29, 1.82) is 0 Å². The maximum atomic E-state index is 13.2. The number of aliphatic hydroxyl groups excluding tert-OH is 1. The molecule has 96 valence electrons. The van der Waals surface area contributed by atoms with Crippen LogP contribution in [0, 0.1) is 0 Å². The first kappa shape index (κ1) is 15.4. The van der Waals surface area contributed by atoms with E-state index in [0.717, 1.165) is 32.1 Å². The van der Waals surface area contributed by atoms with Crippen LogP contribution in [0.25, 0.3) is 0 Å². The number of aliphatic hydroxyl groups is 1. The molecule has 0 aliphatic carbocycles. The molecular formula is C12H23FO3. The quantitative estimate of drug-likeness (QED) is 0.492. The standard InChI is InChI=1S/C12H23FO3/c1-3-5-6-7-8-9-10(14)11(13)12(15)16-4-2/h10-11,14H,3-9H2,1-2H3. The van der Waals surface area contributed by atoms with E-state index in [-0.39, 0.29) is 6.61 Å². The van der Waals surface area contributed by atoms with Gasteiger partial charge in [0.05, 0.1) is 12.7 Å². The Labute approximate surface area is 97.0 Å². The van der Waals surface area contributed by atoms with Gasteiger partial charge in [0.25, 0.3) is 0 Å². The minimum absolute atomic E-state index is 0.141. The first-order chi connectivity index (χ1) is 7.63. The van der Waals surface area contributed by atoms with Crippen LogP contribution in [0.15, 0.2) is 0 Å². The zero-order valence-electron chi connectivity index (χ0n) is 10.2. The largest absolute Gasteiger partial charge is 0.464 e. The number of rotatable bonds is 9. The molecule has 0 heterocycles. The summed E-state index contributed by atoms with van der Waals surface area (Å²) in [4.78, 5) is 11.0. The number of hydrogen-bond acceptors (Lipinski definition) is 3. The molecule has 0 spiro atoms. The Balaban J connectivity index is 3.62. The van der Waals surface area contributed by atoms with Crippen molar-refractivity contribution in [2.45, 2.75) is 64.6 Å². The van der Waals surface area contributed by atoms with Crippen LogP contribution in [0.2, 0.25) is 0 Å². The zero-order chi connectivity index (χ0) is 12.4. The minimum atomic E-state index is -1.90. The van der Waals surface area contributed by atoms with Crippen LogP contribution >= 0.6 is 0 Å². The van der Waals surface area contributed by atoms with Crippen LogP contribution in [0.1, 0.15) is 52.4 Å². The Hall–Kier alpha value is -0.640. The lowest BCUT2D eigenvalue weighted by molar-refractivity contribution is -0.153. The summed E-state index contributed by atoms with van der Waals surface area (Å²) in [7, 11) is 0. The van der Waals surface area contributed by atoms with E-state index < -0.39 is 18.2 Å². The molecule has 0 radical (unpaired) electrons. The summed E-state index contributed by atoms with van der Waals surface area (Å²) < 4.78 is 17.7. The Morgan fingerprint density at radius 1 is 1.25 bits per heavy atom. The van der Waals surface area contributed by atoms with Crippen molar-refractivity contribution in [1.82, 2.24) is 0 Å². The average molecular weight is 234 g/mol. The Morgan fingerprint density at radius 2 is 1.88 bits per heavy atom. The van der Waals surface area contributed by atoms with Gasteiger partial charge in [-0.15, -0.1) is 0 Å². The molecule has 0 amide bonds. The highest BCUT2D eigenvalue weighted by atomic mass is 19.1. The number of carbonyl (C=O) groups is 1. The summed E-state index contributed by atoms with van der Waals surface area (Å²) in [6.45, 7) is 3.87. The second-order valence-electron chi connectivity index (χ2n) is 3.92. The Morgan fingerprint density at radius 3 is 2.44 bits per heavy atom. The van der Waals surface area contributed by atoms with E-state index in [0.29, 0.717) is 6.42 Å². The zero-order valence-corrected chi connectivity index (χ0v) is 10.2. The van der Waals surface area contributed by atoms with E-state index in [9.17, 15) is 14.3 Å². The number of carbonyl (C=O) groups excluding carboxylic acids is 1. The molecule has 0 aliphatic rings. The smallest absolute Gasteiger partial charge is 0.343 e. The fourth-order valence-corrected chi connectivity index (χ4v) is 1.48. The minimum Gasteiger partial charge on any atom is -0.464 e. The molecule has 1 N–H and O–H groups in total. The molecule has 0 aromatic heterocycles. The lowest BCUT2D eigenvalue weighted by Gasteiger charge is -2.14. The molecule has 2 atom stereocenters.